The third kappa shape index (κ3) is 3.78. The van der Waals surface area contributed by atoms with E-state index < -0.39 is 0 Å². The van der Waals surface area contributed by atoms with Gasteiger partial charge in [-0.25, -0.2) is 0 Å². The molecule has 0 N–H and O–H groups in total. The lowest BCUT2D eigenvalue weighted by Gasteiger charge is -2.34. The van der Waals surface area contributed by atoms with Gasteiger partial charge in [-0.3, -0.25) is 9.78 Å². The average Bonchev–Trinajstić information content (AvgIpc) is 2.89. The number of amides is 1. The smallest absolute Gasteiger partial charge is 0.232 e. The Morgan fingerprint density at radius 3 is 2.88 bits per heavy atom. The van der Waals surface area contributed by atoms with Gasteiger partial charge in [0.05, 0.1) is 5.75 Å². The van der Waals surface area contributed by atoms with E-state index >= 15 is 0 Å². The molecular formula is C21H22N2O2S. The highest BCUT2D eigenvalue weighted by Crippen LogP contribution is 2.37. The first-order chi connectivity index (χ1) is 12.7. The molecule has 1 amide bonds. The van der Waals surface area contributed by atoms with Crippen LogP contribution in [-0.2, 0) is 4.79 Å². The lowest BCUT2D eigenvalue weighted by atomic mass is 9.91. The summed E-state index contributed by atoms with van der Waals surface area (Å²) in [5, 5.41) is 0. The normalized spacial score (nSPS) is 21.8. The lowest BCUT2D eigenvalue weighted by molar-refractivity contribution is -0.128. The fraction of sp³-hybridized carbons (Fsp3) is 0.333. The number of hydrogen-bond donors (Lipinski definition) is 0. The van der Waals surface area contributed by atoms with Crippen LogP contribution in [0.25, 0.3) is 6.08 Å². The topological polar surface area (TPSA) is 42.4 Å². The molecule has 2 aromatic rings. The van der Waals surface area contributed by atoms with Gasteiger partial charge in [0.25, 0.3) is 0 Å². The molecule has 4 nitrogen and oxygen atoms in total. The molecule has 0 aliphatic carbocycles. The van der Waals surface area contributed by atoms with Gasteiger partial charge in [-0.1, -0.05) is 24.3 Å². The van der Waals surface area contributed by atoms with Crippen LogP contribution in [0, 0.1) is 0 Å². The predicted molar refractivity (Wildman–Crippen MR) is 104 cm³/mol. The molecule has 1 aromatic heterocycles. The highest BCUT2D eigenvalue weighted by molar-refractivity contribution is 8.00. The van der Waals surface area contributed by atoms with E-state index in [1.807, 2.05) is 35.2 Å². The summed E-state index contributed by atoms with van der Waals surface area (Å²) in [5.74, 6) is 1.61. The summed E-state index contributed by atoms with van der Waals surface area (Å²) in [5.41, 5.74) is 0.853. The van der Waals surface area contributed by atoms with Crippen molar-refractivity contribution in [2.45, 2.75) is 29.8 Å². The molecule has 0 radical (unpaired) electrons. The molecule has 4 rings (SSSR count). The summed E-state index contributed by atoms with van der Waals surface area (Å²) in [4.78, 5) is 19.7. The van der Waals surface area contributed by atoms with E-state index in [-0.39, 0.29) is 11.5 Å². The fourth-order valence-electron chi connectivity index (χ4n) is 3.52. The number of nitrogens with zero attached hydrogens (tertiary/aromatic N) is 2. The van der Waals surface area contributed by atoms with Gasteiger partial charge in [-0.05, 0) is 37.1 Å². The number of para-hydroxylation sites is 1. The Morgan fingerprint density at radius 1 is 1.15 bits per heavy atom. The summed E-state index contributed by atoms with van der Waals surface area (Å²) in [6, 6.07) is 12.0. The number of hydrogen-bond acceptors (Lipinski definition) is 4. The van der Waals surface area contributed by atoms with Crippen LogP contribution >= 0.6 is 11.8 Å². The molecule has 1 atom stereocenters. The molecule has 2 aliphatic heterocycles. The van der Waals surface area contributed by atoms with Gasteiger partial charge >= 0.3 is 0 Å². The second-order valence-electron chi connectivity index (χ2n) is 6.74. The molecule has 1 saturated heterocycles. The zero-order valence-electron chi connectivity index (χ0n) is 14.6. The van der Waals surface area contributed by atoms with Crippen LogP contribution in [0.5, 0.6) is 5.75 Å². The van der Waals surface area contributed by atoms with Gasteiger partial charge in [0.15, 0.2) is 0 Å². The van der Waals surface area contributed by atoms with Gasteiger partial charge in [0.1, 0.15) is 11.4 Å². The third-order valence-corrected chi connectivity index (χ3v) is 5.99. The summed E-state index contributed by atoms with van der Waals surface area (Å²) >= 11 is 1.57. The first kappa shape index (κ1) is 17.2. The molecule has 0 bridgehead atoms. The van der Waals surface area contributed by atoms with E-state index in [1.165, 1.54) is 0 Å². The Kier molecular flexibility index (Phi) is 4.98. The van der Waals surface area contributed by atoms with E-state index in [0.717, 1.165) is 48.6 Å². The van der Waals surface area contributed by atoms with Crippen molar-refractivity contribution < 1.29 is 9.53 Å². The summed E-state index contributed by atoms with van der Waals surface area (Å²) in [7, 11) is 0. The van der Waals surface area contributed by atoms with Crippen LogP contribution in [0.15, 0.2) is 59.8 Å². The molecule has 1 unspecified atom stereocenters. The number of likely N-dealkylation sites (tertiary alicyclic amines) is 1. The molecule has 26 heavy (non-hydrogen) atoms. The van der Waals surface area contributed by atoms with Crippen molar-refractivity contribution in [1.29, 1.82) is 0 Å². The van der Waals surface area contributed by atoms with E-state index in [4.69, 9.17) is 4.74 Å². The number of aromatic nitrogens is 1. The molecule has 3 heterocycles. The first-order valence-electron chi connectivity index (χ1n) is 9.02. The Hall–Kier alpha value is -2.27. The van der Waals surface area contributed by atoms with Crippen molar-refractivity contribution in [3.63, 3.8) is 0 Å². The van der Waals surface area contributed by atoms with Crippen molar-refractivity contribution in [1.82, 2.24) is 9.88 Å². The zero-order valence-corrected chi connectivity index (χ0v) is 15.5. The maximum atomic E-state index is 12.6. The summed E-state index contributed by atoms with van der Waals surface area (Å²) in [6.45, 7) is 1.54. The lowest BCUT2D eigenvalue weighted by Crippen LogP contribution is -2.38. The Labute approximate surface area is 158 Å². The molecule has 134 valence electrons. The average molecular weight is 366 g/mol. The zero-order chi connectivity index (χ0) is 17.8. The molecule has 2 aliphatic rings. The van der Waals surface area contributed by atoms with Gasteiger partial charge < -0.3 is 9.64 Å². The minimum Gasteiger partial charge on any atom is -0.483 e. The Bertz CT molecular complexity index is 809. The predicted octanol–water partition coefficient (Wildman–Crippen LogP) is 4.03. The van der Waals surface area contributed by atoms with Crippen molar-refractivity contribution in [2.24, 2.45) is 0 Å². The maximum absolute atomic E-state index is 12.6. The monoisotopic (exact) mass is 366 g/mol. The number of carbonyl (C=O) groups is 1. The van der Waals surface area contributed by atoms with Crippen LogP contribution in [0.3, 0.4) is 0 Å². The van der Waals surface area contributed by atoms with Crippen molar-refractivity contribution in [3.05, 3.63) is 60.4 Å². The number of carbonyl (C=O) groups excluding carboxylic acids is 1. The number of pyridine rings is 1. The number of rotatable bonds is 3. The minimum absolute atomic E-state index is 0.198. The van der Waals surface area contributed by atoms with Crippen LogP contribution in [0.2, 0.25) is 0 Å². The molecule has 1 aromatic carbocycles. The largest absolute Gasteiger partial charge is 0.483 e. The maximum Gasteiger partial charge on any atom is 0.232 e. The van der Waals surface area contributed by atoms with Crippen LogP contribution < -0.4 is 4.74 Å². The Balaban J connectivity index is 1.37. The number of fused-ring (bicyclic) bond motifs is 1. The molecule has 1 fully saturated rings. The third-order valence-electron chi connectivity index (χ3n) is 5.00. The Morgan fingerprint density at radius 2 is 2.00 bits per heavy atom. The van der Waals surface area contributed by atoms with Crippen LogP contribution in [0.1, 0.15) is 24.8 Å². The van der Waals surface area contributed by atoms with Crippen molar-refractivity contribution >= 4 is 23.7 Å². The summed E-state index contributed by atoms with van der Waals surface area (Å²) < 4.78 is 6.36. The van der Waals surface area contributed by atoms with E-state index in [9.17, 15) is 4.79 Å². The summed E-state index contributed by atoms with van der Waals surface area (Å²) in [6.07, 6.45) is 10.6. The van der Waals surface area contributed by atoms with E-state index in [0.29, 0.717) is 5.75 Å². The van der Waals surface area contributed by atoms with Gasteiger partial charge in [-0.15, -0.1) is 11.8 Å². The standard InChI is InChI=1S/C21H22N2O2S/c24-20(16-26-18-7-12-22-13-8-18)23-14-3-9-21(11-15-23)10-6-17-4-1-2-5-19(17)25-21/h1-2,4-8,10,12-13H,3,9,11,14-16H2. The van der Waals surface area contributed by atoms with Crippen molar-refractivity contribution in [3.8, 4) is 5.75 Å². The van der Waals surface area contributed by atoms with E-state index in [2.05, 4.69) is 23.2 Å². The van der Waals surface area contributed by atoms with Gasteiger partial charge in [0.2, 0.25) is 5.91 Å². The molecule has 0 saturated carbocycles. The van der Waals surface area contributed by atoms with Gasteiger partial charge in [-0.2, -0.15) is 0 Å². The molecule has 5 heteroatoms. The molecule has 1 spiro atoms. The van der Waals surface area contributed by atoms with Crippen molar-refractivity contribution in [2.75, 3.05) is 18.8 Å². The minimum atomic E-state index is -0.276. The van der Waals surface area contributed by atoms with E-state index in [1.54, 1.807) is 24.2 Å². The SMILES string of the molecule is O=C(CSc1ccncc1)N1CCCC2(C=Cc3ccccc3O2)CC1. The number of thioether (sulfide) groups is 1. The second kappa shape index (κ2) is 7.54. The number of benzene rings is 1. The van der Waals surface area contributed by atoms with Gasteiger partial charge in [0, 0.05) is 42.4 Å². The number of ether oxygens (including phenoxy) is 1. The quantitative estimate of drug-likeness (QED) is 0.769. The second-order valence-corrected chi connectivity index (χ2v) is 7.79. The van der Waals surface area contributed by atoms with Crippen LogP contribution in [-0.4, -0.2) is 40.2 Å². The first-order valence-corrected chi connectivity index (χ1v) is 10.0. The highest BCUT2D eigenvalue weighted by Gasteiger charge is 2.35. The fourth-order valence-corrected chi connectivity index (χ4v) is 4.31. The van der Waals surface area contributed by atoms with Crippen LogP contribution in [0.4, 0.5) is 0 Å². The highest BCUT2D eigenvalue weighted by atomic mass is 32.2. The molecular weight excluding hydrogens is 344 g/mol.